The molecule has 1 saturated carbocycles. The second-order valence-corrected chi connectivity index (χ2v) is 6.35. The first-order chi connectivity index (χ1) is 10.3. The minimum Gasteiger partial charge on any atom is -0.306 e. The lowest BCUT2D eigenvalue weighted by molar-refractivity contribution is 0.519. The van der Waals surface area contributed by atoms with Crippen molar-refractivity contribution in [2.45, 2.75) is 44.7 Å². The maximum atomic E-state index is 5.96. The maximum Gasteiger partial charge on any atom is 0.0406 e. The molecule has 3 rings (SSSR count). The topological polar surface area (TPSA) is 12.0 Å². The molecule has 110 valence electrons. The molecule has 2 aromatic rings. The van der Waals surface area contributed by atoms with Crippen molar-refractivity contribution in [1.29, 1.82) is 0 Å². The van der Waals surface area contributed by atoms with E-state index in [1.54, 1.807) is 0 Å². The van der Waals surface area contributed by atoms with Crippen LogP contribution in [0.3, 0.4) is 0 Å². The van der Waals surface area contributed by atoms with Crippen LogP contribution < -0.4 is 5.32 Å². The van der Waals surface area contributed by atoms with Gasteiger partial charge in [0, 0.05) is 17.6 Å². The highest BCUT2D eigenvalue weighted by molar-refractivity contribution is 6.30. The molecule has 0 bridgehead atoms. The molecule has 0 aliphatic heterocycles. The summed E-state index contributed by atoms with van der Waals surface area (Å²) in [7, 11) is 0. The molecule has 0 amide bonds. The SMILES string of the molecule is CCC(NCc1ccc(C2CC2)cc1)c1ccc(Cl)cc1. The van der Waals surface area contributed by atoms with E-state index in [1.807, 2.05) is 12.1 Å². The first-order valence-corrected chi connectivity index (χ1v) is 8.21. The zero-order chi connectivity index (χ0) is 14.7. The summed E-state index contributed by atoms with van der Waals surface area (Å²) in [4.78, 5) is 0. The van der Waals surface area contributed by atoms with E-state index in [9.17, 15) is 0 Å². The molecule has 0 radical (unpaired) electrons. The van der Waals surface area contributed by atoms with Crippen LogP contribution in [-0.4, -0.2) is 0 Å². The summed E-state index contributed by atoms with van der Waals surface area (Å²) in [5.41, 5.74) is 4.16. The number of benzene rings is 2. The average molecular weight is 300 g/mol. The average Bonchev–Trinajstić information content (AvgIpc) is 3.35. The quantitative estimate of drug-likeness (QED) is 0.747. The van der Waals surface area contributed by atoms with Gasteiger partial charge in [-0.3, -0.25) is 0 Å². The fourth-order valence-corrected chi connectivity index (χ4v) is 2.88. The third-order valence-electron chi connectivity index (χ3n) is 4.26. The Bertz CT molecular complexity index is 570. The molecule has 0 saturated heterocycles. The minimum atomic E-state index is 0.380. The number of hydrogen-bond donors (Lipinski definition) is 1. The van der Waals surface area contributed by atoms with Gasteiger partial charge in [-0.2, -0.15) is 0 Å². The molecule has 21 heavy (non-hydrogen) atoms. The number of hydrogen-bond acceptors (Lipinski definition) is 1. The third kappa shape index (κ3) is 3.87. The zero-order valence-corrected chi connectivity index (χ0v) is 13.2. The fourth-order valence-electron chi connectivity index (χ4n) is 2.76. The Hall–Kier alpha value is -1.31. The van der Waals surface area contributed by atoms with Crippen molar-refractivity contribution in [3.63, 3.8) is 0 Å². The highest BCUT2D eigenvalue weighted by Gasteiger charge is 2.22. The van der Waals surface area contributed by atoms with E-state index in [0.29, 0.717) is 6.04 Å². The smallest absolute Gasteiger partial charge is 0.0406 e. The molecule has 0 spiro atoms. The molecule has 2 heteroatoms. The Labute approximate surface area is 132 Å². The van der Waals surface area contributed by atoms with Gasteiger partial charge in [-0.25, -0.2) is 0 Å². The monoisotopic (exact) mass is 299 g/mol. The van der Waals surface area contributed by atoms with Crippen LogP contribution in [0.1, 0.15) is 54.8 Å². The molecule has 1 nitrogen and oxygen atoms in total. The normalized spacial score (nSPS) is 15.9. The highest BCUT2D eigenvalue weighted by atomic mass is 35.5. The molecule has 1 aliphatic rings. The second kappa shape index (κ2) is 6.64. The van der Waals surface area contributed by atoms with Crippen LogP contribution in [0.4, 0.5) is 0 Å². The third-order valence-corrected chi connectivity index (χ3v) is 4.51. The van der Waals surface area contributed by atoms with Gasteiger partial charge in [0.25, 0.3) is 0 Å². The van der Waals surface area contributed by atoms with E-state index in [4.69, 9.17) is 11.6 Å². The Balaban J connectivity index is 1.60. The zero-order valence-electron chi connectivity index (χ0n) is 12.5. The lowest BCUT2D eigenvalue weighted by Gasteiger charge is -2.18. The summed E-state index contributed by atoms with van der Waals surface area (Å²) in [6.45, 7) is 3.12. The predicted octanol–water partition coefficient (Wildman–Crippen LogP) is 5.46. The van der Waals surface area contributed by atoms with Gasteiger partial charge in [-0.1, -0.05) is 54.9 Å². The van der Waals surface area contributed by atoms with Gasteiger partial charge in [0.15, 0.2) is 0 Å². The van der Waals surface area contributed by atoms with Crippen LogP contribution in [0.25, 0.3) is 0 Å². The van der Waals surface area contributed by atoms with Crippen molar-refractivity contribution in [2.24, 2.45) is 0 Å². The van der Waals surface area contributed by atoms with Crippen molar-refractivity contribution in [1.82, 2.24) is 5.32 Å². The summed E-state index contributed by atoms with van der Waals surface area (Å²) in [5, 5.41) is 4.44. The molecule has 1 atom stereocenters. The molecular formula is C19H22ClN. The van der Waals surface area contributed by atoms with Crippen LogP contribution in [0.5, 0.6) is 0 Å². The number of rotatable bonds is 6. The van der Waals surface area contributed by atoms with E-state index in [0.717, 1.165) is 23.9 Å². The van der Waals surface area contributed by atoms with Gasteiger partial charge >= 0.3 is 0 Å². The van der Waals surface area contributed by atoms with Crippen molar-refractivity contribution in [3.8, 4) is 0 Å². The van der Waals surface area contributed by atoms with Gasteiger partial charge in [0.1, 0.15) is 0 Å². The van der Waals surface area contributed by atoms with Crippen LogP contribution >= 0.6 is 11.6 Å². The number of nitrogens with one attached hydrogen (secondary N) is 1. The van der Waals surface area contributed by atoms with Crippen molar-refractivity contribution in [2.75, 3.05) is 0 Å². The van der Waals surface area contributed by atoms with E-state index in [1.165, 1.54) is 29.5 Å². The lowest BCUT2D eigenvalue weighted by atomic mass is 10.0. The van der Waals surface area contributed by atoms with Crippen LogP contribution in [-0.2, 0) is 6.54 Å². The largest absolute Gasteiger partial charge is 0.306 e. The lowest BCUT2D eigenvalue weighted by Crippen LogP contribution is -2.20. The minimum absolute atomic E-state index is 0.380. The molecule has 1 fully saturated rings. The Morgan fingerprint density at radius 2 is 1.71 bits per heavy atom. The van der Waals surface area contributed by atoms with Crippen LogP contribution in [0.2, 0.25) is 5.02 Å². The van der Waals surface area contributed by atoms with Crippen LogP contribution in [0.15, 0.2) is 48.5 Å². The summed E-state index contributed by atoms with van der Waals surface area (Å²) in [5.74, 6) is 0.837. The Kier molecular flexibility index (Phi) is 4.62. The molecule has 1 N–H and O–H groups in total. The van der Waals surface area contributed by atoms with Gasteiger partial charge in [0.2, 0.25) is 0 Å². The maximum absolute atomic E-state index is 5.96. The van der Waals surface area contributed by atoms with Gasteiger partial charge in [-0.15, -0.1) is 0 Å². The summed E-state index contributed by atoms with van der Waals surface area (Å²) >= 11 is 5.96. The van der Waals surface area contributed by atoms with E-state index < -0.39 is 0 Å². The van der Waals surface area contributed by atoms with E-state index in [2.05, 4.69) is 48.6 Å². The first-order valence-electron chi connectivity index (χ1n) is 7.84. The molecule has 0 heterocycles. The second-order valence-electron chi connectivity index (χ2n) is 5.91. The van der Waals surface area contributed by atoms with Gasteiger partial charge in [-0.05, 0) is 54.0 Å². The van der Waals surface area contributed by atoms with Crippen molar-refractivity contribution in [3.05, 3.63) is 70.2 Å². The molecular weight excluding hydrogens is 278 g/mol. The standard InChI is InChI=1S/C19H22ClN/c1-2-19(17-9-11-18(20)12-10-17)21-13-14-3-5-15(6-4-14)16-7-8-16/h3-6,9-12,16,19,21H,2,7-8,13H2,1H3. The Morgan fingerprint density at radius 3 is 2.29 bits per heavy atom. The number of halogens is 1. The summed E-state index contributed by atoms with van der Waals surface area (Å²) in [6, 6.07) is 17.6. The first kappa shape index (κ1) is 14.6. The van der Waals surface area contributed by atoms with E-state index in [-0.39, 0.29) is 0 Å². The Morgan fingerprint density at radius 1 is 1.05 bits per heavy atom. The summed E-state index contributed by atoms with van der Waals surface area (Å²) < 4.78 is 0. The van der Waals surface area contributed by atoms with Crippen LogP contribution in [0, 0.1) is 0 Å². The van der Waals surface area contributed by atoms with Gasteiger partial charge < -0.3 is 5.32 Å². The highest BCUT2D eigenvalue weighted by Crippen LogP contribution is 2.39. The van der Waals surface area contributed by atoms with Crippen molar-refractivity contribution >= 4 is 11.6 Å². The fraction of sp³-hybridized carbons (Fsp3) is 0.368. The molecule has 1 aliphatic carbocycles. The van der Waals surface area contributed by atoms with Gasteiger partial charge in [0.05, 0.1) is 0 Å². The predicted molar refractivity (Wildman–Crippen MR) is 89.7 cm³/mol. The summed E-state index contributed by atoms with van der Waals surface area (Å²) in [6.07, 6.45) is 3.81. The van der Waals surface area contributed by atoms with E-state index >= 15 is 0 Å². The molecule has 1 unspecified atom stereocenters. The molecule has 0 aromatic heterocycles. The van der Waals surface area contributed by atoms with Crippen molar-refractivity contribution < 1.29 is 0 Å². The molecule has 2 aromatic carbocycles.